The van der Waals surface area contributed by atoms with Gasteiger partial charge in [0.25, 0.3) is 5.92 Å². The SMILES string of the molecule is CC(F)(F)CN1CCN(C2=Nc3ccccc3Oc3ccccc32)CC1. The van der Waals surface area contributed by atoms with Crippen LogP contribution in [0.1, 0.15) is 12.5 Å². The van der Waals surface area contributed by atoms with Gasteiger partial charge in [-0.2, -0.15) is 0 Å². The predicted octanol–water partition coefficient (Wildman–Crippen LogP) is 4.14. The Morgan fingerprint density at radius 2 is 1.62 bits per heavy atom. The van der Waals surface area contributed by atoms with Crippen LogP contribution in [0.5, 0.6) is 11.5 Å². The third-order valence-electron chi connectivity index (χ3n) is 4.61. The topological polar surface area (TPSA) is 28.1 Å². The summed E-state index contributed by atoms with van der Waals surface area (Å²) in [6.45, 7) is 3.27. The van der Waals surface area contributed by atoms with Crippen LogP contribution < -0.4 is 4.74 Å². The Morgan fingerprint density at radius 1 is 0.962 bits per heavy atom. The van der Waals surface area contributed by atoms with Crippen molar-refractivity contribution in [1.82, 2.24) is 9.80 Å². The molecule has 0 saturated carbocycles. The second kappa shape index (κ2) is 6.68. The number of hydrogen-bond donors (Lipinski definition) is 0. The number of para-hydroxylation sites is 3. The minimum absolute atomic E-state index is 0.199. The van der Waals surface area contributed by atoms with Crippen LogP contribution in [-0.2, 0) is 0 Å². The first kappa shape index (κ1) is 17.0. The van der Waals surface area contributed by atoms with E-state index in [0.29, 0.717) is 26.2 Å². The number of benzene rings is 2. The van der Waals surface area contributed by atoms with Gasteiger partial charge < -0.3 is 9.64 Å². The molecule has 1 fully saturated rings. The first-order valence-corrected chi connectivity index (χ1v) is 8.80. The molecule has 2 aromatic rings. The summed E-state index contributed by atoms with van der Waals surface area (Å²) in [5, 5.41) is 0. The highest BCUT2D eigenvalue weighted by Gasteiger charge is 2.30. The van der Waals surface area contributed by atoms with Gasteiger partial charge in [-0.15, -0.1) is 0 Å². The van der Waals surface area contributed by atoms with Gasteiger partial charge in [-0.25, -0.2) is 13.8 Å². The van der Waals surface area contributed by atoms with Crippen LogP contribution in [-0.4, -0.2) is 54.3 Å². The highest BCUT2D eigenvalue weighted by Crippen LogP contribution is 2.37. The molecule has 4 rings (SSSR count). The Bertz CT molecular complexity index is 824. The Hall–Kier alpha value is -2.47. The fourth-order valence-corrected chi connectivity index (χ4v) is 3.42. The molecule has 2 aromatic carbocycles. The maximum atomic E-state index is 13.3. The lowest BCUT2D eigenvalue weighted by atomic mass is 10.1. The zero-order valence-corrected chi connectivity index (χ0v) is 14.7. The van der Waals surface area contributed by atoms with Crippen molar-refractivity contribution in [3.8, 4) is 11.5 Å². The summed E-state index contributed by atoms with van der Waals surface area (Å²) in [5.74, 6) is -0.340. The van der Waals surface area contributed by atoms with Crippen LogP contribution in [0.4, 0.5) is 14.5 Å². The number of piperazine rings is 1. The van der Waals surface area contributed by atoms with Crippen molar-refractivity contribution in [3.05, 3.63) is 54.1 Å². The molecule has 4 nitrogen and oxygen atoms in total. The summed E-state index contributed by atoms with van der Waals surface area (Å²) < 4.78 is 32.6. The van der Waals surface area contributed by atoms with Gasteiger partial charge in [0.2, 0.25) is 0 Å². The van der Waals surface area contributed by atoms with Gasteiger partial charge in [-0.1, -0.05) is 24.3 Å². The molecule has 26 heavy (non-hydrogen) atoms. The lowest BCUT2D eigenvalue weighted by molar-refractivity contribution is -0.0215. The van der Waals surface area contributed by atoms with Crippen molar-refractivity contribution in [2.45, 2.75) is 12.8 Å². The molecule has 1 saturated heterocycles. The molecule has 0 bridgehead atoms. The standard InChI is InChI=1S/C20H21F2N3O/c1-20(21,22)14-24-10-12-25(13-11-24)19-15-6-2-4-8-17(15)26-18-9-5-3-7-16(18)23-19/h2-9H,10-14H2,1H3. The lowest BCUT2D eigenvalue weighted by Crippen LogP contribution is -2.51. The number of hydrogen-bond acceptors (Lipinski definition) is 4. The molecule has 136 valence electrons. The van der Waals surface area contributed by atoms with E-state index in [0.717, 1.165) is 35.5 Å². The van der Waals surface area contributed by atoms with Gasteiger partial charge >= 0.3 is 0 Å². The lowest BCUT2D eigenvalue weighted by Gasteiger charge is -2.37. The zero-order valence-electron chi connectivity index (χ0n) is 14.7. The fourth-order valence-electron chi connectivity index (χ4n) is 3.42. The number of ether oxygens (including phenoxy) is 1. The summed E-state index contributed by atoms with van der Waals surface area (Å²) in [4.78, 5) is 8.83. The van der Waals surface area contributed by atoms with Crippen molar-refractivity contribution in [1.29, 1.82) is 0 Å². The molecule has 0 amide bonds. The number of rotatable bonds is 2. The molecule has 0 unspecified atom stereocenters. The number of fused-ring (bicyclic) bond motifs is 2. The summed E-state index contributed by atoms with van der Waals surface area (Å²) in [6, 6.07) is 15.5. The summed E-state index contributed by atoms with van der Waals surface area (Å²) in [5.41, 5.74) is 1.71. The summed E-state index contributed by atoms with van der Waals surface area (Å²) in [7, 11) is 0. The highest BCUT2D eigenvalue weighted by molar-refractivity contribution is 6.03. The van der Waals surface area contributed by atoms with E-state index in [1.54, 1.807) is 0 Å². The number of amidine groups is 1. The molecule has 2 aliphatic rings. The van der Waals surface area contributed by atoms with Gasteiger partial charge in [0.1, 0.15) is 17.3 Å². The molecule has 0 N–H and O–H groups in total. The Labute approximate surface area is 151 Å². The second-order valence-corrected chi connectivity index (χ2v) is 6.83. The minimum Gasteiger partial charge on any atom is -0.454 e. The van der Waals surface area contributed by atoms with Crippen LogP contribution in [0.25, 0.3) is 0 Å². The van der Waals surface area contributed by atoms with E-state index in [1.807, 2.05) is 53.4 Å². The minimum atomic E-state index is -2.67. The molecular formula is C20H21F2N3O. The molecule has 6 heteroatoms. The molecule has 2 heterocycles. The third kappa shape index (κ3) is 3.55. The Morgan fingerprint density at radius 3 is 2.35 bits per heavy atom. The van der Waals surface area contributed by atoms with Crippen LogP contribution >= 0.6 is 0 Å². The predicted molar refractivity (Wildman–Crippen MR) is 97.8 cm³/mol. The summed E-state index contributed by atoms with van der Waals surface area (Å²) >= 11 is 0. The smallest absolute Gasteiger partial charge is 0.257 e. The maximum absolute atomic E-state index is 13.3. The van der Waals surface area contributed by atoms with Gasteiger partial charge in [0, 0.05) is 33.1 Å². The van der Waals surface area contributed by atoms with Crippen molar-refractivity contribution < 1.29 is 13.5 Å². The highest BCUT2D eigenvalue weighted by atomic mass is 19.3. The average Bonchev–Trinajstić information content (AvgIpc) is 2.78. The van der Waals surface area contributed by atoms with Crippen molar-refractivity contribution in [2.75, 3.05) is 32.7 Å². The normalized spacial score (nSPS) is 17.7. The largest absolute Gasteiger partial charge is 0.454 e. The van der Waals surface area contributed by atoms with Gasteiger partial charge in [-0.3, -0.25) is 4.90 Å². The van der Waals surface area contributed by atoms with E-state index >= 15 is 0 Å². The van der Waals surface area contributed by atoms with E-state index in [1.165, 1.54) is 0 Å². The number of nitrogens with zero attached hydrogens (tertiary/aromatic N) is 3. The van der Waals surface area contributed by atoms with E-state index < -0.39 is 5.92 Å². The fraction of sp³-hybridized carbons (Fsp3) is 0.350. The van der Waals surface area contributed by atoms with E-state index in [2.05, 4.69) is 4.90 Å². The Kier molecular flexibility index (Phi) is 4.36. The zero-order chi connectivity index (χ0) is 18.1. The Balaban J connectivity index is 1.62. The van der Waals surface area contributed by atoms with Gasteiger partial charge in [-0.05, 0) is 24.3 Å². The molecule has 0 spiro atoms. The molecule has 0 aromatic heterocycles. The number of aliphatic imine (C=N–C) groups is 1. The van der Waals surface area contributed by atoms with Crippen LogP contribution in [0.3, 0.4) is 0 Å². The first-order valence-electron chi connectivity index (χ1n) is 8.80. The molecule has 2 aliphatic heterocycles. The molecule has 0 aliphatic carbocycles. The first-order chi connectivity index (χ1) is 12.5. The van der Waals surface area contributed by atoms with Crippen molar-refractivity contribution in [3.63, 3.8) is 0 Å². The summed E-state index contributed by atoms with van der Waals surface area (Å²) in [6.07, 6.45) is 0. The quantitative estimate of drug-likeness (QED) is 0.808. The number of alkyl halides is 2. The van der Waals surface area contributed by atoms with Crippen molar-refractivity contribution >= 4 is 11.5 Å². The maximum Gasteiger partial charge on any atom is 0.257 e. The molecule has 0 atom stereocenters. The van der Waals surface area contributed by atoms with E-state index in [4.69, 9.17) is 9.73 Å². The third-order valence-corrected chi connectivity index (χ3v) is 4.61. The average molecular weight is 357 g/mol. The van der Waals surface area contributed by atoms with Gasteiger partial charge in [0.15, 0.2) is 5.75 Å². The second-order valence-electron chi connectivity index (χ2n) is 6.83. The molecular weight excluding hydrogens is 336 g/mol. The van der Waals surface area contributed by atoms with Crippen LogP contribution in [0.2, 0.25) is 0 Å². The van der Waals surface area contributed by atoms with Crippen LogP contribution in [0, 0.1) is 0 Å². The van der Waals surface area contributed by atoms with Gasteiger partial charge in [0.05, 0.1) is 12.1 Å². The molecule has 0 radical (unpaired) electrons. The van der Waals surface area contributed by atoms with E-state index in [9.17, 15) is 8.78 Å². The van der Waals surface area contributed by atoms with Crippen LogP contribution in [0.15, 0.2) is 53.5 Å². The van der Waals surface area contributed by atoms with E-state index in [-0.39, 0.29) is 6.54 Å². The monoisotopic (exact) mass is 357 g/mol. The number of halogens is 2. The van der Waals surface area contributed by atoms with Crippen molar-refractivity contribution in [2.24, 2.45) is 4.99 Å².